The molecule has 2 aliphatic rings. The van der Waals surface area contributed by atoms with Crippen molar-refractivity contribution in [3.63, 3.8) is 0 Å². The van der Waals surface area contributed by atoms with Crippen LogP contribution in [0, 0.1) is 0 Å². The highest BCUT2D eigenvalue weighted by Crippen LogP contribution is 2.38. The molecule has 0 atom stereocenters. The molecule has 9 nitrogen and oxygen atoms in total. The standard InChI is InChI=1S/C29H33N5O4S/c1-32(2)21-13-15-34(16-14-21)29(36)20-10-12-24-26(18-20)31-28(35)23-11-9-19(17-25(23)30-24)22-7-5-6-8-27(22)33(3)39(4,37)38/h5-12,17-18,21,30H,13-16H2,1-4H3,(H,31,35). The van der Waals surface area contributed by atoms with Crippen molar-refractivity contribution in [2.24, 2.45) is 0 Å². The van der Waals surface area contributed by atoms with Gasteiger partial charge in [0.1, 0.15) is 0 Å². The van der Waals surface area contributed by atoms with Gasteiger partial charge in [-0.15, -0.1) is 0 Å². The van der Waals surface area contributed by atoms with E-state index in [0.29, 0.717) is 53.0 Å². The Hall–Kier alpha value is -3.89. The predicted molar refractivity (Wildman–Crippen MR) is 155 cm³/mol. The average molecular weight is 548 g/mol. The number of hydrogen-bond acceptors (Lipinski definition) is 6. The van der Waals surface area contributed by atoms with Crippen molar-refractivity contribution in [2.75, 3.05) is 55.4 Å². The quantitative estimate of drug-likeness (QED) is 0.496. The zero-order valence-electron chi connectivity index (χ0n) is 22.6. The minimum Gasteiger partial charge on any atom is -0.353 e. The van der Waals surface area contributed by atoms with Gasteiger partial charge >= 0.3 is 0 Å². The Morgan fingerprint density at radius 3 is 2.28 bits per heavy atom. The summed E-state index contributed by atoms with van der Waals surface area (Å²) in [5.41, 5.74) is 4.79. The van der Waals surface area contributed by atoms with Gasteiger partial charge in [-0.1, -0.05) is 24.3 Å². The second kappa shape index (κ2) is 10.3. The predicted octanol–water partition coefficient (Wildman–Crippen LogP) is 4.22. The normalized spacial score (nSPS) is 15.6. The number of benzene rings is 3. The Morgan fingerprint density at radius 1 is 0.872 bits per heavy atom. The van der Waals surface area contributed by atoms with Crippen molar-refractivity contribution < 1.29 is 18.0 Å². The van der Waals surface area contributed by atoms with Crippen LogP contribution in [0.2, 0.25) is 0 Å². The van der Waals surface area contributed by atoms with Crippen LogP contribution in [0.25, 0.3) is 11.1 Å². The summed E-state index contributed by atoms with van der Waals surface area (Å²) in [4.78, 5) is 30.5. The highest BCUT2D eigenvalue weighted by atomic mass is 32.2. The third-order valence-corrected chi connectivity index (χ3v) is 8.77. The lowest BCUT2D eigenvalue weighted by atomic mass is 10.0. The van der Waals surface area contributed by atoms with Crippen molar-refractivity contribution in [3.8, 4) is 11.1 Å². The van der Waals surface area contributed by atoms with E-state index in [4.69, 9.17) is 0 Å². The number of nitrogens with zero attached hydrogens (tertiary/aromatic N) is 3. The van der Waals surface area contributed by atoms with Crippen LogP contribution in [0.15, 0.2) is 60.7 Å². The van der Waals surface area contributed by atoms with Crippen molar-refractivity contribution in [2.45, 2.75) is 18.9 Å². The minimum absolute atomic E-state index is 0.0418. The van der Waals surface area contributed by atoms with Gasteiger partial charge in [-0.25, -0.2) is 8.42 Å². The van der Waals surface area contributed by atoms with Crippen LogP contribution < -0.4 is 14.9 Å². The number of hydrogen-bond donors (Lipinski definition) is 2. The molecule has 3 aromatic carbocycles. The average Bonchev–Trinajstić information content (AvgIpc) is 3.06. The maximum Gasteiger partial charge on any atom is 0.257 e. The third-order valence-electron chi connectivity index (χ3n) is 7.58. The van der Waals surface area contributed by atoms with E-state index in [1.807, 2.05) is 29.2 Å². The van der Waals surface area contributed by atoms with Gasteiger partial charge in [-0.05, 0) is 68.9 Å². The molecule has 0 bridgehead atoms. The molecule has 5 rings (SSSR count). The highest BCUT2D eigenvalue weighted by molar-refractivity contribution is 7.92. The Bertz CT molecular complexity index is 1540. The van der Waals surface area contributed by atoms with Crippen LogP contribution in [-0.4, -0.2) is 76.6 Å². The topological polar surface area (TPSA) is 102 Å². The fraction of sp³-hybridized carbons (Fsp3) is 0.310. The van der Waals surface area contributed by atoms with Gasteiger partial charge in [0.15, 0.2) is 0 Å². The number of piperidine rings is 1. The lowest BCUT2D eigenvalue weighted by molar-refractivity contribution is 0.0663. The second-order valence-corrected chi connectivity index (χ2v) is 12.3. The Kier molecular flexibility index (Phi) is 7.09. The van der Waals surface area contributed by atoms with E-state index in [-0.39, 0.29) is 11.8 Å². The molecular formula is C29H33N5O4S. The van der Waals surface area contributed by atoms with Crippen LogP contribution in [0.5, 0.6) is 0 Å². The van der Waals surface area contributed by atoms with Crippen molar-refractivity contribution >= 4 is 44.6 Å². The number of fused-ring (bicyclic) bond motifs is 2. The van der Waals surface area contributed by atoms with E-state index in [2.05, 4.69) is 29.6 Å². The van der Waals surface area contributed by atoms with Crippen LogP contribution >= 0.6 is 0 Å². The number of sulfonamides is 1. The summed E-state index contributed by atoms with van der Waals surface area (Å²) in [6.45, 7) is 1.40. The molecule has 1 fully saturated rings. The third kappa shape index (κ3) is 5.35. The summed E-state index contributed by atoms with van der Waals surface area (Å²) in [6, 6.07) is 18.4. The maximum absolute atomic E-state index is 13.2. The van der Waals surface area contributed by atoms with Crippen LogP contribution in [0.3, 0.4) is 0 Å². The molecule has 3 aromatic rings. The molecule has 0 unspecified atom stereocenters. The van der Waals surface area contributed by atoms with E-state index in [0.717, 1.165) is 30.2 Å². The number of carbonyl (C=O) groups is 2. The number of anilines is 4. The van der Waals surface area contributed by atoms with Crippen LogP contribution in [0.4, 0.5) is 22.7 Å². The van der Waals surface area contributed by atoms with Crippen LogP contribution in [-0.2, 0) is 10.0 Å². The number of likely N-dealkylation sites (tertiary alicyclic amines) is 1. The summed E-state index contributed by atoms with van der Waals surface area (Å²) in [6.07, 6.45) is 3.03. The number of amides is 2. The fourth-order valence-electron chi connectivity index (χ4n) is 5.18. The molecule has 0 saturated carbocycles. The number of rotatable bonds is 5. The first-order valence-corrected chi connectivity index (χ1v) is 14.7. The molecular weight excluding hydrogens is 514 g/mol. The van der Waals surface area contributed by atoms with E-state index in [1.54, 1.807) is 36.4 Å². The second-order valence-electron chi connectivity index (χ2n) is 10.3. The number of para-hydroxylation sites is 1. The summed E-state index contributed by atoms with van der Waals surface area (Å²) in [7, 11) is 2.19. The number of carbonyl (C=O) groups excluding carboxylic acids is 2. The maximum atomic E-state index is 13.2. The number of nitrogens with one attached hydrogen (secondary N) is 2. The highest BCUT2D eigenvalue weighted by Gasteiger charge is 2.26. The molecule has 2 N–H and O–H groups in total. The molecule has 39 heavy (non-hydrogen) atoms. The van der Waals surface area contributed by atoms with Gasteiger partial charge in [0.25, 0.3) is 11.8 Å². The zero-order chi connectivity index (χ0) is 27.9. The molecule has 2 aliphatic heterocycles. The molecule has 0 aromatic heterocycles. The monoisotopic (exact) mass is 547 g/mol. The summed E-state index contributed by atoms with van der Waals surface area (Å²) in [5.74, 6) is -0.333. The largest absolute Gasteiger partial charge is 0.353 e. The Balaban J connectivity index is 1.43. The smallest absolute Gasteiger partial charge is 0.257 e. The lowest BCUT2D eigenvalue weighted by Gasteiger charge is -2.35. The SMILES string of the molecule is CN(C)C1CCN(C(=O)c2ccc3c(c2)NC(=O)c2ccc(-c4ccccc4N(C)S(C)(=O)=O)cc2N3)CC1. The summed E-state index contributed by atoms with van der Waals surface area (Å²) >= 11 is 0. The first-order chi connectivity index (χ1) is 18.5. The minimum atomic E-state index is -3.46. The van der Waals surface area contributed by atoms with Gasteiger partial charge in [-0.2, -0.15) is 0 Å². The van der Waals surface area contributed by atoms with Gasteiger partial charge in [0.2, 0.25) is 10.0 Å². The zero-order valence-corrected chi connectivity index (χ0v) is 23.4. The first kappa shape index (κ1) is 26.7. The molecule has 204 valence electrons. The van der Waals surface area contributed by atoms with Gasteiger partial charge in [0, 0.05) is 37.3 Å². The first-order valence-electron chi connectivity index (χ1n) is 12.9. The molecule has 2 amide bonds. The fourth-order valence-corrected chi connectivity index (χ4v) is 5.69. The van der Waals surface area contributed by atoms with Crippen molar-refractivity contribution in [1.82, 2.24) is 9.80 Å². The van der Waals surface area contributed by atoms with E-state index in [9.17, 15) is 18.0 Å². The molecule has 0 radical (unpaired) electrons. The molecule has 10 heteroatoms. The van der Waals surface area contributed by atoms with Gasteiger partial charge in [0.05, 0.1) is 34.6 Å². The van der Waals surface area contributed by atoms with Crippen molar-refractivity contribution in [1.29, 1.82) is 0 Å². The Morgan fingerprint density at radius 2 is 1.59 bits per heavy atom. The van der Waals surface area contributed by atoms with E-state index >= 15 is 0 Å². The summed E-state index contributed by atoms with van der Waals surface area (Å²) in [5, 5.41) is 6.28. The van der Waals surface area contributed by atoms with Crippen LogP contribution in [0.1, 0.15) is 33.6 Å². The lowest BCUT2D eigenvalue weighted by Crippen LogP contribution is -2.44. The Labute approximate surface area is 229 Å². The molecule has 0 aliphatic carbocycles. The van der Waals surface area contributed by atoms with Gasteiger partial charge in [-0.3, -0.25) is 13.9 Å². The van der Waals surface area contributed by atoms with Gasteiger partial charge < -0.3 is 20.4 Å². The molecule has 2 heterocycles. The summed E-state index contributed by atoms with van der Waals surface area (Å²) < 4.78 is 25.7. The van der Waals surface area contributed by atoms with E-state index in [1.165, 1.54) is 11.4 Å². The molecule has 0 spiro atoms. The van der Waals surface area contributed by atoms with Crippen molar-refractivity contribution in [3.05, 3.63) is 71.8 Å². The molecule has 1 saturated heterocycles. The van der Waals surface area contributed by atoms with E-state index < -0.39 is 10.0 Å².